The molecule has 0 aromatic carbocycles. The Labute approximate surface area is 67.2 Å². The topological polar surface area (TPSA) is 43.8 Å². The molecule has 0 saturated carbocycles. The van der Waals surface area contributed by atoms with Crippen LogP contribution in [0.5, 0.6) is 0 Å². The number of imidazole rings is 1. The van der Waals surface area contributed by atoms with Crippen molar-refractivity contribution in [3.8, 4) is 0 Å². The highest BCUT2D eigenvalue weighted by Crippen LogP contribution is 1.98. The smallest absolute Gasteiger partial charge is 0.105 e. The zero-order chi connectivity index (χ0) is 8.27. The van der Waals surface area contributed by atoms with Crippen molar-refractivity contribution in [2.24, 2.45) is 5.73 Å². The van der Waals surface area contributed by atoms with Gasteiger partial charge in [-0.2, -0.15) is 0 Å². The van der Waals surface area contributed by atoms with Crippen molar-refractivity contribution in [2.45, 2.75) is 32.9 Å². The molecule has 62 valence electrons. The SMILES string of the molecule is Cc1nccn1CCC(C)N. The summed E-state index contributed by atoms with van der Waals surface area (Å²) >= 11 is 0. The summed E-state index contributed by atoms with van der Waals surface area (Å²) in [5.41, 5.74) is 5.63. The predicted octanol–water partition coefficient (Wildman–Crippen LogP) is 0.929. The Kier molecular flexibility index (Phi) is 2.65. The monoisotopic (exact) mass is 153 g/mol. The number of hydrogen-bond acceptors (Lipinski definition) is 2. The van der Waals surface area contributed by atoms with Gasteiger partial charge in [0.1, 0.15) is 5.82 Å². The van der Waals surface area contributed by atoms with Crippen LogP contribution in [0.25, 0.3) is 0 Å². The highest BCUT2D eigenvalue weighted by molar-refractivity contribution is 4.88. The second kappa shape index (κ2) is 3.53. The summed E-state index contributed by atoms with van der Waals surface area (Å²) in [7, 11) is 0. The largest absolute Gasteiger partial charge is 0.335 e. The van der Waals surface area contributed by atoms with E-state index >= 15 is 0 Å². The van der Waals surface area contributed by atoms with Crippen LogP contribution in [0.15, 0.2) is 12.4 Å². The molecule has 0 fully saturated rings. The van der Waals surface area contributed by atoms with E-state index in [4.69, 9.17) is 5.73 Å². The molecule has 1 heterocycles. The molecule has 0 spiro atoms. The molecular formula is C8H15N3. The summed E-state index contributed by atoms with van der Waals surface area (Å²) in [4.78, 5) is 4.12. The molecule has 11 heavy (non-hydrogen) atoms. The van der Waals surface area contributed by atoms with Gasteiger partial charge in [-0.1, -0.05) is 0 Å². The summed E-state index contributed by atoms with van der Waals surface area (Å²) in [5, 5.41) is 0. The summed E-state index contributed by atoms with van der Waals surface area (Å²) in [6.45, 7) is 5.00. The molecule has 0 radical (unpaired) electrons. The van der Waals surface area contributed by atoms with Gasteiger partial charge in [0.15, 0.2) is 0 Å². The Balaban J connectivity index is 2.44. The van der Waals surface area contributed by atoms with Crippen molar-refractivity contribution in [2.75, 3.05) is 0 Å². The van der Waals surface area contributed by atoms with Crippen LogP contribution in [-0.4, -0.2) is 15.6 Å². The Morgan fingerprint density at radius 1 is 1.73 bits per heavy atom. The van der Waals surface area contributed by atoms with Crippen LogP contribution < -0.4 is 5.73 Å². The highest BCUT2D eigenvalue weighted by Gasteiger charge is 1.97. The normalized spacial score (nSPS) is 13.4. The summed E-state index contributed by atoms with van der Waals surface area (Å²) in [6.07, 6.45) is 4.81. The van der Waals surface area contributed by atoms with Crippen LogP contribution in [-0.2, 0) is 6.54 Å². The molecule has 1 aromatic heterocycles. The molecule has 3 heteroatoms. The maximum absolute atomic E-state index is 5.63. The number of aryl methyl sites for hydroxylation is 2. The molecule has 0 bridgehead atoms. The predicted molar refractivity (Wildman–Crippen MR) is 45.2 cm³/mol. The Bertz CT molecular complexity index is 215. The van der Waals surface area contributed by atoms with Crippen molar-refractivity contribution in [1.29, 1.82) is 0 Å². The van der Waals surface area contributed by atoms with Crippen molar-refractivity contribution in [3.05, 3.63) is 18.2 Å². The van der Waals surface area contributed by atoms with Crippen molar-refractivity contribution in [3.63, 3.8) is 0 Å². The van der Waals surface area contributed by atoms with E-state index in [0.717, 1.165) is 18.8 Å². The van der Waals surface area contributed by atoms with Crippen LogP contribution in [0.3, 0.4) is 0 Å². The molecule has 2 N–H and O–H groups in total. The van der Waals surface area contributed by atoms with E-state index in [1.807, 2.05) is 26.2 Å². The third kappa shape index (κ3) is 2.35. The van der Waals surface area contributed by atoms with Crippen LogP contribution in [0.2, 0.25) is 0 Å². The maximum atomic E-state index is 5.63. The minimum Gasteiger partial charge on any atom is -0.335 e. The zero-order valence-corrected chi connectivity index (χ0v) is 7.12. The standard InChI is InChI=1S/C8H15N3/c1-7(9)3-5-11-6-4-10-8(11)2/h4,6-7H,3,5,9H2,1-2H3. The van der Waals surface area contributed by atoms with E-state index in [0.29, 0.717) is 0 Å². The molecule has 0 aliphatic carbocycles. The fourth-order valence-corrected chi connectivity index (χ4v) is 0.983. The number of aromatic nitrogens is 2. The van der Waals surface area contributed by atoms with Gasteiger partial charge in [0.25, 0.3) is 0 Å². The lowest BCUT2D eigenvalue weighted by Crippen LogP contribution is -2.17. The van der Waals surface area contributed by atoms with E-state index in [-0.39, 0.29) is 6.04 Å². The summed E-state index contributed by atoms with van der Waals surface area (Å²) < 4.78 is 2.11. The van der Waals surface area contributed by atoms with E-state index in [2.05, 4.69) is 9.55 Å². The fourth-order valence-electron chi connectivity index (χ4n) is 0.983. The first-order chi connectivity index (χ1) is 5.20. The fraction of sp³-hybridized carbons (Fsp3) is 0.625. The lowest BCUT2D eigenvalue weighted by Gasteiger charge is -2.06. The molecule has 0 saturated heterocycles. The molecule has 3 nitrogen and oxygen atoms in total. The third-order valence-electron chi connectivity index (χ3n) is 1.75. The molecule has 0 aliphatic heterocycles. The Morgan fingerprint density at radius 3 is 2.91 bits per heavy atom. The summed E-state index contributed by atoms with van der Waals surface area (Å²) in [6, 6.07) is 0.275. The van der Waals surface area contributed by atoms with Crippen molar-refractivity contribution >= 4 is 0 Å². The van der Waals surface area contributed by atoms with Gasteiger partial charge in [0.05, 0.1) is 0 Å². The number of hydrogen-bond donors (Lipinski definition) is 1. The second-order valence-corrected chi connectivity index (χ2v) is 2.93. The van der Waals surface area contributed by atoms with Gasteiger partial charge in [-0.25, -0.2) is 4.98 Å². The first-order valence-corrected chi connectivity index (χ1v) is 3.93. The van der Waals surface area contributed by atoms with Crippen LogP contribution in [0.1, 0.15) is 19.2 Å². The minimum atomic E-state index is 0.275. The number of nitrogens with zero attached hydrogens (tertiary/aromatic N) is 2. The van der Waals surface area contributed by atoms with E-state index < -0.39 is 0 Å². The third-order valence-corrected chi connectivity index (χ3v) is 1.75. The molecule has 1 rings (SSSR count). The Hall–Kier alpha value is -0.830. The van der Waals surface area contributed by atoms with Gasteiger partial charge in [0.2, 0.25) is 0 Å². The van der Waals surface area contributed by atoms with Gasteiger partial charge in [-0.05, 0) is 20.3 Å². The average molecular weight is 153 g/mol. The lowest BCUT2D eigenvalue weighted by molar-refractivity contribution is 0.561. The molecule has 0 amide bonds. The molecule has 1 unspecified atom stereocenters. The van der Waals surface area contributed by atoms with Gasteiger partial charge in [0, 0.05) is 25.0 Å². The highest BCUT2D eigenvalue weighted by atomic mass is 15.0. The van der Waals surface area contributed by atoms with Gasteiger partial charge >= 0.3 is 0 Å². The first-order valence-electron chi connectivity index (χ1n) is 3.93. The number of rotatable bonds is 3. The lowest BCUT2D eigenvalue weighted by atomic mass is 10.2. The van der Waals surface area contributed by atoms with Crippen LogP contribution in [0, 0.1) is 6.92 Å². The number of nitrogens with two attached hydrogens (primary N) is 1. The molecular weight excluding hydrogens is 138 g/mol. The molecule has 1 atom stereocenters. The van der Waals surface area contributed by atoms with Gasteiger partial charge in [-0.3, -0.25) is 0 Å². The van der Waals surface area contributed by atoms with Crippen LogP contribution in [0.4, 0.5) is 0 Å². The van der Waals surface area contributed by atoms with E-state index in [1.54, 1.807) is 0 Å². The maximum Gasteiger partial charge on any atom is 0.105 e. The van der Waals surface area contributed by atoms with Crippen molar-refractivity contribution < 1.29 is 0 Å². The zero-order valence-electron chi connectivity index (χ0n) is 7.12. The Morgan fingerprint density at radius 2 is 2.45 bits per heavy atom. The van der Waals surface area contributed by atoms with E-state index in [9.17, 15) is 0 Å². The molecule has 1 aromatic rings. The first kappa shape index (κ1) is 8.27. The molecule has 0 aliphatic rings. The average Bonchev–Trinajstić information content (AvgIpc) is 2.31. The van der Waals surface area contributed by atoms with Crippen molar-refractivity contribution in [1.82, 2.24) is 9.55 Å². The second-order valence-electron chi connectivity index (χ2n) is 2.93. The van der Waals surface area contributed by atoms with Gasteiger partial charge < -0.3 is 10.3 Å². The van der Waals surface area contributed by atoms with E-state index in [1.165, 1.54) is 0 Å². The minimum absolute atomic E-state index is 0.275. The van der Waals surface area contributed by atoms with Crippen LogP contribution >= 0.6 is 0 Å². The summed E-state index contributed by atoms with van der Waals surface area (Å²) in [5.74, 6) is 1.06. The quantitative estimate of drug-likeness (QED) is 0.702. The van der Waals surface area contributed by atoms with Gasteiger partial charge in [-0.15, -0.1) is 0 Å².